The number of fused-ring (bicyclic) bond motifs is 1. The molecule has 5 unspecified atom stereocenters. The zero-order valence-electron chi connectivity index (χ0n) is 21.6. The standard InChI is InChI=1S/C26H38N6O6/c1-15(33)22(31-23(34)18(28)8-4-5-11-27)24(35)30-20(25(36)32-12-6-10-21(32)26(37)38)13-16-14-29-19-9-3-2-7-17(16)19/h2-3,7,9,14-15,18,20-22,29,33H,4-6,8,10-13,27-28H2,1H3,(H,30,35)(H,31,34)(H,37,38). The maximum atomic E-state index is 13.6. The van der Waals surface area contributed by atoms with E-state index < -0.39 is 54.0 Å². The molecule has 12 heteroatoms. The zero-order chi connectivity index (χ0) is 27.8. The molecule has 38 heavy (non-hydrogen) atoms. The monoisotopic (exact) mass is 530 g/mol. The molecular formula is C26H38N6O6. The fraction of sp³-hybridized carbons (Fsp3) is 0.538. The van der Waals surface area contributed by atoms with E-state index in [0.29, 0.717) is 38.6 Å². The number of aliphatic carboxylic acids is 1. The number of aromatic amines is 1. The fourth-order valence-corrected chi connectivity index (χ4v) is 4.77. The first-order valence-electron chi connectivity index (χ1n) is 13.0. The fourth-order valence-electron chi connectivity index (χ4n) is 4.77. The molecule has 12 nitrogen and oxygen atoms in total. The third-order valence-electron chi connectivity index (χ3n) is 6.90. The minimum atomic E-state index is -1.37. The first-order valence-corrected chi connectivity index (χ1v) is 13.0. The van der Waals surface area contributed by atoms with Gasteiger partial charge < -0.3 is 42.2 Å². The smallest absolute Gasteiger partial charge is 0.326 e. The zero-order valence-corrected chi connectivity index (χ0v) is 21.6. The van der Waals surface area contributed by atoms with E-state index in [9.17, 15) is 29.4 Å². The summed E-state index contributed by atoms with van der Waals surface area (Å²) in [6, 6.07) is 3.12. The van der Waals surface area contributed by atoms with Gasteiger partial charge in [0.15, 0.2) is 0 Å². The minimum absolute atomic E-state index is 0.0799. The van der Waals surface area contributed by atoms with Gasteiger partial charge >= 0.3 is 5.97 Å². The summed E-state index contributed by atoms with van der Waals surface area (Å²) in [6.07, 6.45) is 3.10. The van der Waals surface area contributed by atoms with Gasteiger partial charge in [-0.05, 0) is 50.8 Å². The normalized spacial score (nSPS) is 18.5. The van der Waals surface area contributed by atoms with Crippen molar-refractivity contribution in [1.82, 2.24) is 20.5 Å². The summed E-state index contributed by atoms with van der Waals surface area (Å²) >= 11 is 0. The van der Waals surface area contributed by atoms with Crippen LogP contribution in [0.3, 0.4) is 0 Å². The number of nitrogens with zero attached hydrogens (tertiary/aromatic N) is 1. The number of likely N-dealkylation sites (tertiary alicyclic amines) is 1. The number of benzene rings is 1. The molecule has 0 aliphatic carbocycles. The van der Waals surface area contributed by atoms with E-state index in [1.54, 1.807) is 6.20 Å². The number of aliphatic hydroxyl groups excluding tert-OH is 1. The van der Waals surface area contributed by atoms with E-state index >= 15 is 0 Å². The lowest BCUT2D eigenvalue weighted by molar-refractivity contribution is -0.149. The summed E-state index contributed by atoms with van der Waals surface area (Å²) in [5.74, 6) is -3.02. The Labute approximate surface area is 221 Å². The molecule has 1 aromatic carbocycles. The van der Waals surface area contributed by atoms with Gasteiger partial charge in [0, 0.05) is 30.1 Å². The summed E-state index contributed by atoms with van der Waals surface area (Å²) in [7, 11) is 0. The highest BCUT2D eigenvalue weighted by molar-refractivity contribution is 5.95. The van der Waals surface area contributed by atoms with Crippen molar-refractivity contribution >= 4 is 34.6 Å². The number of carbonyl (C=O) groups excluding carboxylic acids is 3. The second kappa shape index (κ2) is 13.4. The maximum Gasteiger partial charge on any atom is 0.326 e. The highest BCUT2D eigenvalue weighted by atomic mass is 16.4. The van der Waals surface area contributed by atoms with E-state index in [2.05, 4.69) is 15.6 Å². The van der Waals surface area contributed by atoms with E-state index in [4.69, 9.17) is 11.5 Å². The number of nitrogens with two attached hydrogens (primary N) is 2. The molecule has 2 heterocycles. The van der Waals surface area contributed by atoms with Gasteiger partial charge in [0.2, 0.25) is 17.7 Å². The average molecular weight is 531 g/mol. The van der Waals surface area contributed by atoms with Gasteiger partial charge in [0.05, 0.1) is 12.1 Å². The first-order chi connectivity index (χ1) is 18.1. The lowest BCUT2D eigenvalue weighted by Crippen LogP contribution is -2.60. The molecule has 208 valence electrons. The number of unbranched alkanes of at least 4 members (excludes halogenated alkanes) is 1. The highest BCUT2D eigenvalue weighted by Crippen LogP contribution is 2.23. The molecular weight excluding hydrogens is 492 g/mol. The molecule has 2 aromatic rings. The Bertz CT molecular complexity index is 1130. The molecule has 0 radical (unpaired) electrons. The van der Waals surface area contributed by atoms with Crippen LogP contribution in [0.5, 0.6) is 0 Å². The molecule has 9 N–H and O–H groups in total. The van der Waals surface area contributed by atoms with Crippen LogP contribution in [0, 0.1) is 0 Å². The Kier molecular flexibility index (Phi) is 10.2. The van der Waals surface area contributed by atoms with Gasteiger partial charge in [-0.2, -0.15) is 0 Å². The predicted molar refractivity (Wildman–Crippen MR) is 141 cm³/mol. The van der Waals surface area contributed by atoms with Crippen LogP contribution in [0.25, 0.3) is 10.9 Å². The van der Waals surface area contributed by atoms with Gasteiger partial charge in [-0.25, -0.2) is 4.79 Å². The molecule has 3 amide bonds. The van der Waals surface area contributed by atoms with Crippen molar-refractivity contribution in [2.75, 3.05) is 13.1 Å². The second-order valence-electron chi connectivity index (χ2n) is 9.77. The number of hydrogen-bond acceptors (Lipinski definition) is 7. The van der Waals surface area contributed by atoms with Crippen molar-refractivity contribution in [2.45, 2.75) is 75.7 Å². The molecule has 1 saturated heterocycles. The average Bonchev–Trinajstić information content (AvgIpc) is 3.54. The lowest BCUT2D eigenvalue weighted by Gasteiger charge is -2.29. The van der Waals surface area contributed by atoms with Gasteiger partial charge in [-0.15, -0.1) is 0 Å². The van der Waals surface area contributed by atoms with Crippen LogP contribution in [-0.2, 0) is 25.6 Å². The number of H-pyrrole nitrogens is 1. The molecule has 1 fully saturated rings. The van der Waals surface area contributed by atoms with Crippen molar-refractivity contribution < 1.29 is 29.4 Å². The van der Waals surface area contributed by atoms with Gasteiger partial charge in [0.1, 0.15) is 18.1 Å². The molecule has 0 spiro atoms. The largest absolute Gasteiger partial charge is 0.480 e. The van der Waals surface area contributed by atoms with Crippen molar-refractivity contribution in [3.8, 4) is 0 Å². The quantitative estimate of drug-likeness (QED) is 0.169. The van der Waals surface area contributed by atoms with Crippen LogP contribution in [-0.4, -0.2) is 87.1 Å². The number of hydrogen-bond donors (Lipinski definition) is 7. The number of aliphatic hydroxyl groups is 1. The highest BCUT2D eigenvalue weighted by Gasteiger charge is 2.39. The van der Waals surface area contributed by atoms with E-state index in [0.717, 1.165) is 16.5 Å². The van der Waals surface area contributed by atoms with E-state index in [-0.39, 0.29) is 13.0 Å². The van der Waals surface area contributed by atoms with Crippen molar-refractivity contribution in [2.24, 2.45) is 11.5 Å². The Morgan fingerprint density at radius 2 is 1.89 bits per heavy atom. The number of carbonyl (C=O) groups is 4. The van der Waals surface area contributed by atoms with Gasteiger partial charge in [-0.1, -0.05) is 24.6 Å². The Hall–Kier alpha value is -3.48. The van der Waals surface area contributed by atoms with E-state index in [1.165, 1.54) is 11.8 Å². The molecule has 1 aliphatic heterocycles. The van der Waals surface area contributed by atoms with Crippen molar-refractivity contribution in [3.63, 3.8) is 0 Å². The van der Waals surface area contributed by atoms with Gasteiger partial charge in [-0.3, -0.25) is 14.4 Å². The number of amides is 3. The van der Waals surface area contributed by atoms with Crippen molar-refractivity contribution in [1.29, 1.82) is 0 Å². The van der Waals surface area contributed by atoms with E-state index in [1.807, 2.05) is 24.3 Å². The third-order valence-corrected chi connectivity index (χ3v) is 6.90. The Morgan fingerprint density at radius 1 is 1.16 bits per heavy atom. The second-order valence-corrected chi connectivity index (χ2v) is 9.77. The minimum Gasteiger partial charge on any atom is -0.480 e. The number of aromatic nitrogens is 1. The van der Waals surface area contributed by atoms with Gasteiger partial charge in [0.25, 0.3) is 0 Å². The number of nitrogens with one attached hydrogen (secondary N) is 3. The lowest BCUT2D eigenvalue weighted by atomic mass is 10.0. The third kappa shape index (κ3) is 7.09. The van der Waals surface area contributed by atoms with Crippen LogP contribution in [0.1, 0.15) is 44.6 Å². The molecule has 1 aliphatic rings. The van der Waals surface area contributed by atoms with Crippen LogP contribution >= 0.6 is 0 Å². The molecule has 1 aromatic heterocycles. The van der Waals surface area contributed by atoms with Crippen LogP contribution in [0.2, 0.25) is 0 Å². The SMILES string of the molecule is CC(O)C(NC(=O)C(N)CCCCN)C(=O)NC(Cc1c[nH]c2ccccc12)C(=O)N1CCCC1C(=O)O. The predicted octanol–water partition coefficient (Wildman–Crippen LogP) is -0.407. The first kappa shape index (κ1) is 29.1. The molecule has 0 saturated carbocycles. The summed E-state index contributed by atoms with van der Waals surface area (Å²) in [5, 5.41) is 25.9. The Morgan fingerprint density at radius 3 is 2.58 bits per heavy atom. The summed E-state index contributed by atoms with van der Waals surface area (Å²) in [4.78, 5) is 55.6. The van der Waals surface area contributed by atoms with Crippen LogP contribution in [0.15, 0.2) is 30.5 Å². The summed E-state index contributed by atoms with van der Waals surface area (Å²) in [6.45, 7) is 2.07. The number of carboxylic acid groups (broad SMARTS) is 1. The number of para-hydroxylation sites is 1. The maximum absolute atomic E-state index is 13.6. The number of rotatable bonds is 13. The van der Waals surface area contributed by atoms with Crippen molar-refractivity contribution in [3.05, 3.63) is 36.0 Å². The number of carboxylic acids is 1. The summed E-state index contributed by atoms with van der Waals surface area (Å²) < 4.78 is 0. The Balaban J connectivity index is 1.81. The van der Waals surface area contributed by atoms with Crippen LogP contribution in [0.4, 0.5) is 0 Å². The molecule has 0 bridgehead atoms. The summed E-state index contributed by atoms with van der Waals surface area (Å²) in [5.41, 5.74) is 13.0. The molecule has 3 rings (SSSR count). The topological polar surface area (TPSA) is 204 Å². The molecule has 5 atom stereocenters. The van der Waals surface area contributed by atoms with Crippen LogP contribution < -0.4 is 22.1 Å².